The summed E-state index contributed by atoms with van der Waals surface area (Å²) in [6.07, 6.45) is 0. The Morgan fingerprint density at radius 1 is 1.41 bits per heavy atom. The maximum absolute atomic E-state index is 11.8. The van der Waals surface area contributed by atoms with Crippen LogP contribution in [0.3, 0.4) is 0 Å². The first-order chi connectivity index (χ1) is 8.16. The summed E-state index contributed by atoms with van der Waals surface area (Å²) in [5.41, 5.74) is 1.70. The predicted molar refractivity (Wildman–Crippen MR) is 74.6 cm³/mol. The number of hydrogen-bond donors (Lipinski definition) is 1. The molecule has 1 amide bonds. The van der Waals surface area contributed by atoms with Gasteiger partial charge in [0.15, 0.2) is 0 Å². The largest absolute Gasteiger partial charge is 0.348 e. The normalized spacial score (nSPS) is 10.2. The Kier molecular flexibility index (Phi) is 4.20. The van der Waals surface area contributed by atoms with Crippen molar-refractivity contribution in [2.75, 3.05) is 0 Å². The van der Waals surface area contributed by atoms with Gasteiger partial charge in [-0.05, 0) is 56.5 Å². The lowest BCUT2D eigenvalue weighted by Gasteiger charge is -2.05. The highest BCUT2D eigenvalue weighted by Gasteiger charge is 2.07. The lowest BCUT2D eigenvalue weighted by Crippen LogP contribution is -2.22. The van der Waals surface area contributed by atoms with E-state index in [0.717, 1.165) is 10.0 Å². The average Bonchev–Trinajstić information content (AvgIpc) is 2.82. The van der Waals surface area contributed by atoms with Gasteiger partial charge in [0, 0.05) is 16.6 Å². The molecule has 0 atom stereocenters. The number of carbonyl (C=O) groups excluding carboxylic acids is 1. The zero-order valence-electron chi connectivity index (χ0n) is 8.74. The van der Waals surface area contributed by atoms with Gasteiger partial charge in [0.25, 0.3) is 5.91 Å². The predicted octanol–water partition coefficient (Wildman–Crippen LogP) is 4.09. The van der Waals surface area contributed by atoms with Crippen LogP contribution in [0.1, 0.15) is 15.9 Å². The van der Waals surface area contributed by atoms with Crippen LogP contribution in [0.5, 0.6) is 0 Å². The molecule has 0 spiro atoms. The number of amides is 1. The Balaban J connectivity index is 2.02. The van der Waals surface area contributed by atoms with Gasteiger partial charge in [-0.15, -0.1) is 0 Å². The van der Waals surface area contributed by atoms with Crippen LogP contribution >= 0.6 is 38.9 Å². The van der Waals surface area contributed by atoms with Crippen LogP contribution < -0.4 is 5.32 Å². The Morgan fingerprint density at radius 3 is 2.88 bits per heavy atom. The lowest BCUT2D eigenvalue weighted by atomic mass is 10.2. The van der Waals surface area contributed by atoms with Crippen molar-refractivity contribution in [2.24, 2.45) is 0 Å². The van der Waals surface area contributed by atoms with Gasteiger partial charge in [-0.3, -0.25) is 4.79 Å². The second-order valence-electron chi connectivity index (χ2n) is 3.44. The summed E-state index contributed by atoms with van der Waals surface area (Å²) < 4.78 is 0.724. The topological polar surface area (TPSA) is 29.1 Å². The third-order valence-corrected chi connectivity index (χ3v) is 4.16. The first-order valence-electron chi connectivity index (χ1n) is 4.91. The molecule has 0 aliphatic heterocycles. The van der Waals surface area contributed by atoms with E-state index in [1.807, 2.05) is 16.8 Å². The molecule has 1 aromatic carbocycles. The van der Waals surface area contributed by atoms with Gasteiger partial charge in [-0.2, -0.15) is 11.3 Å². The molecule has 1 heterocycles. The fourth-order valence-electron chi connectivity index (χ4n) is 1.32. The van der Waals surface area contributed by atoms with Crippen molar-refractivity contribution in [3.63, 3.8) is 0 Å². The fourth-order valence-corrected chi connectivity index (χ4v) is 2.48. The third-order valence-electron chi connectivity index (χ3n) is 2.21. The number of nitrogens with one attached hydrogen (secondary N) is 1. The molecule has 0 bridgehead atoms. The number of hydrogen-bond acceptors (Lipinski definition) is 2. The monoisotopic (exact) mass is 329 g/mol. The minimum absolute atomic E-state index is 0.103. The molecule has 88 valence electrons. The quantitative estimate of drug-likeness (QED) is 0.902. The van der Waals surface area contributed by atoms with E-state index in [4.69, 9.17) is 11.6 Å². The third kappa shape index (κ3) is 3.31. The van der Waals surface area contributed by atoms with E-state index in [0.29, 0.717) is 17.1 Å². The van der Waals surface area contributed by atoms with Crippen molar-refractivity contribution >= 4 is 44.8 Å². The zero-order chi connectivity index (χ0) is 12.3. The van der Waals surface area contributed by atoms with Gasteiger partial charge in [0.2, 0.25) is 0 Å². The van der Waals surface area contributed by atoms with Gasteiger partial charge >= 0.3 is 0 Å². The first kappa shape index (κ1) is 12.6. The Morgan fingerprint density at radius 2 is 2.24 bits per heavy atom. The number of thiophene rings is 1. The maximum Gasteiger partial charge on any atom is 0.251 e. The minimum Gasteiger partial charge on any atom is -0.348 e. The highest BCUT2D eigenvalue weighted by molar-refractivity contribution is 9.10. The molecule has 0 aliphatic rings. The van der Waals surface area contributed by atoms with Crippen molar-refractivity contribution in [3.8, 4) is 0 Å². The van der Waals surface area contributed by atoms with Crippen LogP contribution in [0.4, 0.5) is 0 Å². The highest BCUT2D eigenvalue weighted by atomic mass is 79.9. The summed E-state index contributed by atoms with van der Waals surface area (Å²) in [6, 6.07) is 7.11. The van der Waals surface area contributed by atoms with E-state index in [1.165, 1.54) is 0 Å². The van der Waals surface area contributed by atoms with E-state index in [2.05, 4.69) is 21.2 Å². The first-order valence-corrected chi connectivity index (χ1v) is 7.02. The number of halogens is 2. The summed E-state index contributed by atoms with van der Waals surface area (Å²) >= 11 is 10.8. The zero-order valence-corrected chi connectivity index (χ0v) is 11.9. The van der Waals surface area contributed by atoms with Crippen LogP contribution in [0.25, 0.3) is 0 Å². The molecule has 2 aromatic rings. The second kappa shape index (κ2) is 5.67. The lowest BCUT2D eigenvalue weighted by molar-refractivity contribution is 0.0951. The maximum atomic E-state index is 11.8. The van der Waals surface area contributed by atoms with Crippen LogP contribution in [-0.4, -0.2) is 5.91 Å². The summed E-state index contributed by atoms with van der Waals surface area (Å²) in [4.78, 5) is 11.8. The smallest absolute Gasteiger partial charge is 0.251 e. The summed E-state index contributed by atoms with van der Waals surface area (Å²) in [5, 5.41) is 7.45. The van der Waals surface area contributed by atoms with Crippen LogP contribution in [0, 0.1) is 0 Å². The van der Waals surface area contributed by atoms with Crippen LogP contribution in [0.15, 0.2) is 39.5 Å². The van der Waals surface area contributed by atoms with Crippen molar-refractivity contribution in [1.29, 1.82) is 0 Å². The SMILES string of the molecule is O=C(NCc1ccsc1)c1ccc(Cl)c(Br)c1. The minimum atomic E-state index is -0.103. The Bertz CT molecular complexity index is 527. The molecule has 0 saturated heterocycles. The highest BCUT2D eigenvalue weighted by Crippen LogP contribution is 2.23. The van der Waals surface area contributed by atoms with Crippen molar-refractivity contribution in [1.82, 2.24) is 5.32 Å². The molecule has 0 unspecified atom stereocenters. The molecule has 5 heteroatoms. The fraction of sp³-hybridized carbons (Fsp3) is 0.0833. The molecule has 2 nitrogen and oxygen atoms in total. The van der Waals surface area contributed by atoms with Crippen LogP contribution in [-0.2, 0) is 6.54 Å². The molecule has 0 radical (unpaired) electrons. The molecule has 17 heavy (non-hydrogen) atoms. The van der Waals surface area contributed by atoms with E-state index < -0.39 is 0 Å². The van der Waals surface area contributed by atoms with E-state index >= 15 is 0 Å². The Labute approximate surface area is 117 Å². The number of rotatable bonds is 3. The van der Waals surface area contributed by atoms with Gasteiger partial charge in [0.05, 0.1) is 5.02 Å². The molecule has 1 N–H and O–H groups in total. The molecule has 0 aliphatic carbocycles. The molecular weight excluding hydrogens is 322 g/mol. The van der Waals surface area contributed by atoms with Gasteiger partial charge in [-0.25, -0.2) is 0 Å². The van der Waals surface area contributed by atoms with E-state index in [1.54, 1.807) is 29.5 Å². The van der Waals surface area contributed by atoms with E-state index in [9.17, 15) is 4.79 Å². The van der Waals surface area contributed by atoms with Crippen LogP contribution in [0.2, 0.25) is 5.02 Å². The van der Waals surface area contributed by atoms with Gasteiger partial charge < -0.3 is 5.32 Å². The van der Waals surface area contributed by atoms with Crippen molar-refractivity contribution < 1.29 is 4.79 Å². The second-order valence-corrected chi connectivity index (χ2v) is 5.48. The average molecular weight is 331 g/mol. The summed E-state index contributed by atoms with van der Waals surface area (Å²) in [5.74, 6) is -0.103. The summed E-state index contributed by atoms with van der Waals surface area (Å²) in [6.45, 7) is 0.544. The summed E-state index contributed by atoms with van der Waals surface area (Å²) in [7, 11) is 0. The van der Waals surface area contributed by atoms with Crippen molar-refractivity contribution in [2.45, 2.75) is 6.54 Å². The Hall–Kier alpha value is -0.840. The molecule has 0 saturated carbocycles. The standard InChI is InChI=1S/C12H9BrClNOS/c13-10-5-9(1-2-11(10)14)12(16)15-6-8-3-4-17-7-8/h1-5,7H,6H2,(H,15,16). The van der Waals surface area contributed by atoms with Gasteiger partial charge in [0.1, 0.15) is 0 Å². The number of carbonyl (C=O) groups is 1. The molecule has 2 rings (SSSR count). The molecule has 0 fully saturated rings. The van der Waals surface area contributed by atoms with Gasteiger partial charge in [-0.1, -0.05) is 11.6 Å². The van der Waals surface area contributed by atoms with Crippen molar-refractivity contribution in [3.05, 3.63) is 55.6 Å². The molecular formula is C12H9BrClNOS. The van der Waals surface area contributed by atoms with E-state index in [-0.39, 0.29) is 5.91 Å². The number of benzene rings is 1. The molecule has 1 aromatic heterocycles.